The van der Waals surface area contributed by atoms with Crippen LogP contribution >= 0.6 is 34.8 Å². The second-order valence-corrected chi connectivity index (χ2v) is 9.17. The van der Waals surface area contributed by atoms with E-state index in [4.69, 9.17) is 34.8 Å². The van der Waals surface area contributed by atoms with E-state index in [2.05, 4.69) is 5.32 Å². The maximum Gasteiger partial charge on any atom is 0.252 e. The second kappa shape index (κ2) is 10.3. The van der Waals surface area contributed by atoms with Crippen molar-refractivity contribution in [3.8, 4) is 0 Å². The summed E-state index contributed by atoms with van der Waals surface area (Å²) in [4.78, 5) is 14.7. The summed E-state index contributed by atoms with van der Waals surface area (Å²) in [6.45, 7) is 0.885. The number of amides is 1. The van der Waals surface area contributed by atoms with Crippen molar-refractivity contribution in [1.82, 2.24) is 10.2 Å². The number of hydrogen-bond acceptors (Lipinski definition) is 2. The number of benzene rings is 3. The van der Waals surface area contributed by atoms with Crippen molar-refractivity contribution in [3.05, 3.63) is 107 Å². The molecular weight excluding hydrogens is 446 g/mol. The third kappa shape index (κ3) is 6.44. The zero-order valence-electron chi connectivity index (χ0n) is 15.9. The first-order chi connectivity index (χ1) is 14.3. The van der Waals surface area contributed by atoms with Gasteiger partial charge < -0.3 is 5.32 Å². The van der Waals surface area contributed by atoms with E-state index < -0.39 is 21.7 Å². The van der Waals surface area contributed by atoms with Gasteiger partial charge in [-0.15, -0.1) is 0 Å². The second-order valence-electron chi connectivity index (χ2n) is 6.80. The lowest BCUT2D eigenvalue weighted by atomic mass is 10.1. The highest BCUT2D eigenvalue weighted by molar-refractivity contribution is 6.68. The van der Waals surface area contributed by atoms with Crippen molar-refractivity contribution in [3.63, 3.8) is 0 Å². The number of carbonyl (C=O) groups is 1. The van der Waals surface area contributed by atoms with Crippen molar-refractivity contribution >= 4 is 40.7 Å². The summed E-state index contributed by atoms with van der Waals surface area (Å²) >= 11 is 18.9. The Morgan fingerprint density at radius 1 is 0.833 bits per heavy atom. The monoisotopic (exact) mass is 464 g/mol. The van der Waals surface area contributed by atoms with Crippen molar-refractivity contribution < 1.29 is 9.18 Å². The molecule has 0 spiro atoms. The van der Waals surface area contributed by atoms with Crippen LogP contribution < -0.4 is 5.32 Å². The van der Waals surface area contributed by atoms with Gasteiger partial charge in [0.15, 0.2) is 0 Å². The van der Waals surface area contributed by atoms with Crippen LogP contribution in [0.25, 0.3) is 0 Å². The molecule has 0 aliphatic heterocycles. The number of halogens is 4. The molecule has 1 N–H and O–H groups in total. The fourth-order valence-corrected chi connectivity index (χ4v) is 3.64. The molecule has 0 unspecified atom stereocenters. The lowest BCUT2D eigenvalue weighted by Gasteiger charge is -2.36. The highest BCUT2D eigenvalue weighted by atomic mass is 35.6. The number of alkyl halides is 3. The maximum absolute atomic E-state index is 13.2. The Morgan fingerprint density at radius 2 is 1.30 bits per heavy atom. The molecule has 0 aliphatic carbocycles. The van der Waals surface area contributed by atoms with Crippen LogP contribution in [-0.4, -0.2) is 20.8 Å². The molecule has 0 saturated carbocycles. The van der Waals surface area contributed by atoms with Gasteiger partial charge in [0.25, 0.3) is 5.91 Å². The van der Waals surface area contributed by atoms with E-state index in [0.29, 0.717) is 13.1 Å². The Bertz CT molecular complexity index is 906. The Balaban J connectivity index is 1.89. The summed E-state index contributed by atoms with van der Waals surface area (Å²) in [7, 11) is 0. The first kappa shape index (κ1) is 22.6. The van der Waals surface area contributed by atoms with E-state index in [1.807, 2.05) is 65.6 Å². The fraction of sp³-hybridized carbons (Fsp3) is 0.174. The van der Waals surface area contributed by atoms with Crippen LogP contribution in [0, 0.1) is 5.82 Å². The number of nitrogens with one attached hydrogen (secondary N) is 1. The molecule has 3 rings (SSSR count). The molecule has 0 fully saturated rings. The minimum absolute atomic E-state index is 0.273. The highest BCUT2D eigenvalue weighted by Gasteiger charge is 2.38. The van der Waals surface area contributed by atoms with E-state index in [9.17, 15) is 9.18 Å². The number of nitrogens with zero attached hydrogens (tertiary/aromatic N) is 1. The Morgan fingerprint density at radius 3 is 1.73 bits per heavy atom. The van der Waals surface area contributed by atoms with Crippen molar-refractivity contribution in [2.24, 2.45) is 0 Å². The zero-order valence-corrected chi connectivity index (χ0v) is 18.2. The molecular formula is C23H20Cl3FN2O. The normalized spacial score (nSPS) is 12.6. The predicted molar refractivity (Wildman–Crippen MR) is 120 cm³/mol. The molecule has 0 aromatic heterocycles. The van der Waals surface area contributed by atoms with Crippen molar-refractivity contribution in [2.75, 3.05) is 0 Å². The molecule has 0 bridgehead atoms. The molecule has 1 atom stereocenters. The molecule has 3 aromatic rings. The Kier molecular flexibility index (Phi) is 7.73. The van der Waals surface area contributed by atoms with Crippen molar-refractivity contribution in [1.29, 1.82) is 0 Å². The first-order valence-corrected chi connectivity index (χ1v) is 10.4. The quantitative estimate of drug-likeness (QED) is 0.345. The lowest BCUT2D eigenvalue weighted by Crippen LogP contribution is -2.54. The number of carbonyl (C=O) groups excluding carboxylic acids is 1. The molecule has 156 valence electrons. The van der Waals surface area contributed by atoms with Crippen LogP contribution in [0.1, 0.15) is 21.5 Å². The summed E-state index contributed by atoms with van der Waals surface area (Å²) in [5, 5.41) is 2.80. The van der Waals surface area contributed by atoms with Crippen LogP contribution in [0.5, 0.6) is 0 Å². The molecule has 3 aromatic carbocycles. The van der Waals surface area contributed by atoms with E-state index in [1.165, 1.54) is 24.3 Å². The molecule has 7 heteroatoms. The Hall–Kier alpha value is -2.11. The van der Waals surface area contributed by atoms with Gasteiger partial charge in [0, 0.05) is 18.7 Å². The van der Waals surface area contributed by atoms with Crippen LogP contribution in [0.15, 0.2) is 84.9 Å². The van der Waals surface area contributed by atoms with Gasteiger partial charge in [0.2, 0.25) is 3.79 Å². The van der Waals surface area contributed by atoms with Crippen LogP contribution in [0.2, 0.25) is 0 Å². The van der Waals surface area contributed by atoms with E-state index in [0.717, 1.165) is 11.1 Å². The molecule has 30 heavy (non-hydrogen) atoms. The van der Waals surface area contributed by atoms with Gasteiger partial charge in [0.05, 0.1) is 0 Å². The third-order valence-corrected chi connectivity index (χ3v) is 5.13. The standard InChI is InChI=1S/C23H20Cl3FN2O/c24-23(25,26)22(28-21(30)19-11-13-20(27)14-12-19)29(15-17-7-3-1-4-8-17)16-18-9-5-2-6-10-18/h1-14,22H,15-16H2,(H,28,30)/t22-/m1/s1. The fourth-order valence-electron chi connectivity index (χ4n) is 3.06. The lowest BCUT2D eigenvalue weighted by molar-refractivity contribution is 0.0826. The number of rotatable bonds is 7. The molecule has 0 saturated heterocycles. The summed E-state index contributed by atoms with van der Waals surface area (Å²) < 4.78 is 11.4. The van der Waals surface area contributed by atoms with Gasteiger partial charge in [-0.2, -0.15) is 0 Å². The molecule has 1 amide bonds. The third-order valence-electron chi connectivity index (χ3n) is 4.51. The van der Waals surface area contributed by atoms with E-state index in [1.54, 1.807) is 0 Å². The molecule has 0 heterocycles. The van der Waals surface area contributed by atoms with Crippen LogP contribution in [0.3, 0.4) is 0 Å². The average molecular weight is 466 g/mol. The van der Waals surface area contributed by atoms with Gasteiger partial charge in [-0.05, 0) is 35.4 Å². The minimum Gasteiger partial charge on any atom is -0.332 e. The number of hydrogen-bond donors (Lipinski definition) is 1. The highest BCUT2D eigenvalue weighted by Crippen LogP contribution is 2.34. The maximum atomic E-state index is 13.2. The largest absolute Gasteiger partial charge is 0.332 e. The van der Waals surface area contributed by atoms with E-state index in [-0.39, 0.29) is 5.56 Å². The van der Waals surface area contributed by atoms with Crippen LogP contribution in [0.4, 0.5) is 4.39 Å². The van der Waals surface area contributed by atoms with Gasteiger partial charge in [-0.1, -0.05) is 95.5 Å². The van der Waals surface area contributed by atoms with Gasteiger partial charge in [-0.3, -0.25) is 9.69 Å². The Labute approximate surface area is 190 Å². The van der Waals surface area contributed by atoms with Gasteiger partial charge >= 0.3 is 0 Å². The summed E-state index contributed by atoms with van der Waals surface area (Å²) in [5.41, 5.74) is 2.28. The zero-order chi connectivity index (χ0) is 21.6. The smallest absolute Gasteiger partial charge is 0.252 e. The van der Waals surface area contributed by atoms with Crippen molar-refractivity contribution in [2.45, 2.75) is 23.0 Å². The first-order valence-electron chi connectivity index (χ1n) is 9.28. The summed E-state index contributed by atoms with van der Waals surface area (Å²) in [5.74, 6) is -0.892. The summed E-state index contributed by atoms with van der Waals surface area (Å²) in [6.07, 6.45) is -0.930. The predicted octanol–water partition coefficient (Wildman–Crippen LogP) is 5.95. The molecule has 3 nitrogen and oxygen atoms in total. The van der Waals surface area contributed by atoms with Gasteiger partial charge in [-0.25, -0.2) is 4.39 Å². The minimum atomic E-state index is -1.81. The molecule has 0 aliphatic rings. The van der Waals surface area contributed by atoms with Gasteiger partial charge in [0.1, 0.15) is 12.0 Å². The molecule has 0 radical (unpaired) electrons. The van der Waals surface area contributed by atoms with E-state index >= 15 is 0 Å². The SMILES string of the molecule is O=C(N[C@H](N(Cc1ccccc1)Cc1ccccc1)C(Cl)(Cl)Cl)c1ccc(F)cc1. The van der Waals surface area contributed by atoms with Crippen LogP contribution in [-0.2, 0) is 13.1 Å². The topological polar surface area (TPSA) is 32.3 Å². The average Bonchev–Trinajstić information content (AvgIpc) is 2.72. The summed E-state index contributed by atoms with van der Waals surface area (Å²) in [6, 6.07) is 24.6.